The summed E-state index contributed by atoms with van der Waals surface area (Å²) in [5.74, 6) is 0.0799. The molecule has 0 spiro atoms. The minimum Gasteiger partial charge on any atom is -0.465 e. The van der Waals surface area contributed by atoms with Crippen LogP contribution >= 0.6 is 11.3 Å². The highest BCUT2D eigenvalue weighted by Gasteiger charge is 2.35. The van der Waals surface area contributed by atoms with Crippen LogP contribution in [0.4, 0.5) is 10.7 Å². The Morgan fingerprint density at radius 2 is 2.19 bits per heavy atom. The number of rotatable bonds is 2. The first-order chi connectivity index (χ1) is 9.79. The third-order valence-corrected chi connectivity index (χ3v) is 5.29. The van der Waals surface area contributed by atoms with Crippen LogP contribution in [0, 0.1) is 22.7 Å². The Morgan fingerprint density at radius 3 is 2.67 bits per heavy atom. The van der Waals surface area contributed by atoms with Crippen molar-refractivity contribution in [2.45, 2.75) is 27.2 Å². The van der Waals surface area contributed by atoms with Crippen molar-refractivity contribution in [2.75, 3.05) is 30.8 Å². The Bertz CT molecular complexity index is 595. The average Bonchev–Trinajstić information content (AvgIpc) is 3.01. The standard InChI is InChI=1S/C15H21N3O2S/c1-15(2,3)9-5-6-18(8-9)13-11(14(19)20-4)12(17)10(7-16)21-13/h9H,5-6,8,17H2,1-4H3. The summed E-state index contributed by atoms with van der Waals surface area (Å²) in [6.07, 6.45) is 1.07. The maximum absolute atomic E-state index is 12.0. The zero-order valence-corrected chi connectivity index (χ0v) is 13.7. The number of hydrogen-bond acceptors (Lipinski definition) is 6. The van der Waals surface area contributed by atoms with Gasteiger partial charge in [0.2, 0.25) is 0 Å². The van der Waals surface area contributed by atoms with E-state index in [0.29, 0.717) is 16.4 Å². The normalized spacial score (nSPS) is 18.6. The molecule has 1 atom stereocenters. The van der Waals surface area contributed by atoms with Crippen molar-refractivity contribution >= 4 is 28.0 Å². The van der Waals surface area contributed by atoms with Crippen LogP contribution in [0.25, 0.3) is 0 Å². The molecule has 0 bridgehead atoms. The first-order valence-electron chi connectivity index (χ1n) is 6.95. The zero-order valence-electron chi connectivity index (χ0n) is 12.9. The number of nitrogen functional groups attached to an aromatic ring is 1. The molecular formula is C15H21N3O2S. The topological polar surface area (TPSA) is 79.3 Å². The van der Waals surface area contributed by atoms with Gasteiger partial charge in [0, 0.05) is 13.1 Å². The summed E-state index contributed by atoms with van der Waals surface area (Å²) in [6, 6.07) is 2.06. The van der Waals surface area contributed by atoms with Gasteiger partial charge in [0.15, 0.2) is 0 Å². The predicted molar refractivity (Wildman–Crippen MR) is 84.6 cm³/mol. The number of nitrogens with zero attached hydrogens (tertiary/aromatic N) is 2. The lowest BCUT2D eigenvalue weighted by atomic mass is 9.80. The molecule has 1 saturated heterocycles. The smallest absolute Gasteiger partial charge is 0.343 e. The van der Waals surface area contributed by atoms with E-state index in [2.05, 4.69) is 31.7 Å². The van der Waals surface area contributed by atoms with Crippen molar-refractivity contribution in [1.29, 1.82) is 5.26 Å². The minimum atomic E-state index is -0.473. The van der Waals surface area contributed by atoms with Crippen LogP contribution in [0.1, 0.15) is 42.4 Å². The van der Waals surface area contributed by atoms with E-state index in [1.165, 1.54) is 18.4 Å². The highest BCUT2D eigenvalue weighted by molar-refractivity contribution is 7.17. The lowest BCUT2D eigenvalue weighted by molar-refractivity contribution is 0.0603. The van der Waals surface area contributed by atoms with Gasteiger partial charge in [-0.3, -0.25) is 0 Å². The quantitative estimate of drug-likeness (QED) is 0.850. The molecule has 21 heavy (non-hydrogen) atoms. The number of methoxy groups -OCH3 is 1. The monoisotopic (exact) mass is 307 g/mol. The van der Waals surface area contributed by atoms with Crippen LogP contribution in [-0.4, -0.2) is 26.2 Å². The second-order valence-electron chi connectivity index (χ2n) is 6.43. The molecule has 2 heterocycles. The highest BCUT2D eigenvalue weighted by atomic mass is 32.1. The lowest BCUT2D eigenvalue weighted by Crippen LogP contribution is -2.26. The molecular weight excluding hydrogens is 286 g/mol. The number of anilines is 2. The molecule has 0 amide bonds. The third kappa shape index (κ3) is 2.84. The van der Waals surface area contributed by atoms with Crippen LogP contribution in [0.3, 0.4) is 0 Å². The fourth-order valence-corrected chi connectivity index (χ4v) is 3.73. The molecule has 5 nitrogen and oxygen atoms in total. The van der Waals surface area contributed by atoms with Crippen LogP contribution in [-0.2, 0) is 4.74 Å². The second-order valence-corrected chi connectivity index (χ2v) is 7.43. The molecule has 2 N–H and O–H groups in total. The number of hydrogen-bond donors (Lipinski definition) is 1. The van der Waals surface area contributed by atoms with Gasteiger partial charge in [-0.15, -0.1) is 11.3 Å². The Balaban J connectivity index is 2.37. The van der Waals surface area contributed by atoms with Gasteiger partial charge in [0.1, 0.15) is 21.5 Å². The SMILES string of the molecule is COC(=O)c1c(N2CCC(C(C)(C)C)C2)sc(C#N)c1N. The molecule has 1 aliphatic heterocycles. The largest absolute Gasteiger partial charge is 0.465 e. The van der Waals surface area contributed by atoms with E-state index in [0.717, 1.165) is 24.5 Å². The zero-order chi connectivity index (χ0) is 15.8. The fraction of sp³-hybridized carbons (Fsp3) is 0.600. The molecule has 0 aliphatic carbocycles. The van der Waals surface area contributed by atoms with Crippen molar-refractivity contribution in [3.05, 3.63) is 10.4 Å². The van der Waals surface area contributed by atoms with E-state index < -0.39 is 5.97 Å². The molecule has 0 radical (unpaired) electrons. The van der Waals surface area contributed by atoms with E-state index >= 15 is 0 Å². The van der Waals surface area contributed by atoms with Crippen LogP contribution < -0.4 is 10.6 Å². The number of carbonyl (C=O) groups excluding carboxylic acids is 1. The molecule has 1 aromatic heterocycles. The Kier molecular flexibility index (Phi) is 4.15. The number of nitriles is 1. The molecule has 0 saturated carbocycles. The number of ether oxygens (including phenoxy) is 1. The molecule has 0 aromatic carbocycles. The van der Waals surface area contributed by atoms with Crippen molar-refractivity contribution < 1.29 is 9.53 Å². The van der Waals surface area contributed by atoms with Crippen molar-refractivity contribution in [3.8, 4) is 6.07 Å². The van der Waals surface area contributed by atoms with Gasteiger partial charge >= 0.3 is 5.97 Å². The minimum absolute atomic E-state index is 0.223. The summed E-state index contributed by atoms with van der Waals surface area (Å²) in [5, 5.41) is 9.91. The molecule has 1 aliphatic rings. The molecule has 114 valence electrons. The van der Waals surface area contributed by atoms with E-state index in [-0.39, 0.29) is 11.1 Å². The van der Waals surface area contributed by atoms with E-state index in [4.69, 9.17) is 15.7 Å². The Hall–Kier alpha value is -1.74. The summed E-state index contributed by atoms with van der Waals surface area (Å²) in [5.41, 5.74) is 6.74. The number of esters is 1. The molecule has 1 aromatic rings. The van der Waals surface area contributed by atoms with E-state index in [9.17, 15) is 4.79 Å². The molecule has 2 rings (SSSR count). The van der Waals surface area contributed by atoms with Crippen LogP contribution in [0.5, 0.6) is 0 Å². The Morgan fingerprint density at radius 1 is 1.52 bits per heavy atom. The molecule has 1 unspecified atom stereocenters. The van der Waals surface area contributed by atoms with E-state index in [1.807, 2.05) is 0 Å². The number of carbonyl (C=O) groups is 1. The van der Waals surface area contributed by atoms with Crippen molar-refractivity contribution in [3.63, 3.8) is 0 Å². The molecule has 6 heteroatoms. The Labute approximate surface area is 129 Å². The maximum Gasteiger partial charge on any atom is 0.343 e. The summed E-state index contributed by atoms with van der Waals surface area (Å²) in [7, 11) is 1.33. The predicted octanol–water partition coefficient (Wildman–Crippen LogP) is 2.86. The average molecular weight is 307 g/mol. The van der Waals surface area contributed by atoms with Gasteiger partial charge < -0.3 is 15.4 Å². The summed E-state index contributed by atoms with van der Waals surface area (Å²) in [4.78, 5) is 14.5. The van der Waals surface area contributed by atoms with Crippen molar-refractivity contribution in [2.24, 2.45) is 11.3 Å². The van der Waals surface area contributed by atoms with Crippen molar-refractivity contribution in [1.82, 2.24) is 0 Å². The van der Waals surface area contributed by atoms with Gasteiger partial charge in [-0.05, 0) is 17.8 Å². The molecule has 1 fully saturated rings. The summed E-state index contributed by atoms with van der Waals surface area (Å²) >= 11 is 1.28. The first kappa shape index (κ1) is 15.6. The lowest BCUT2D eigenvalue weighted by Gasteiger charge is -2.27. The highest BCUT2D eigenvalue weighted by Crippen LogP contribution is 2.43. The van der Waals surface area contributed by atoms with Gasteiger partial charge in [-0.25, -0.2) is 4.79 Å². The number of thiophene rings is 1. The number of nitrogens with two attached hydrogens (primary N) is 1. The van der Waals surface area contributed by atoms with Crippen LogP contribution in [0.15, 0.2) is 0 Å². The third-order valence-electron chi connectivity index (χ3n) is 4.12. The summed E-state index contributed by atoms with van der Waals surface area (Å²) < 4.78 is 4.82. The summed E-state index contributed by atoms with van der Waals surface area (Å²) in [6.45, 7) is 8.43. The maximum atomic E-state index is 12.0. The van der Waals surface area contributed by atoms with Gasteiger partial charge in [0.05, 0.1) is 12.8 Å². The second kappa shape index (κ2) is 5.57. The van der Waals surface area contributed by atoms with Gasteiger partial charge in [0.25, 0.3) is 0 Å². The fourth-order valence-electron chi connectivity index (χ4n) is 2.69. The first-order valence-corrected chi connectivity index (χ1v) is 7.76. The van der Waals surface area contributed by atoms with Gasteiger partial charge in [-0.2, -0.15) is 5.26 Å². The van der Waals surface area contributed by atoms with Crippen LogP contribution in [0.2, 0.25) is 0 Å². The van der Waals surface area contributed by atoms with Gasteiger partial charge in [-0.1, -0.05) is 20.8 Å². The van der Waals surface area contributed by atoms with E-state index in [1.54, 1.807) is 0 Å².